The molecule has 2 fully saturated rings. The van der Waals surface area contributed by atoms with Gasteiger partial charge in [-0.25, -0.2) is 0 Å². The van der Waals surface area contributed by atoms with E-state index >= 15 is 0 Å². The number of carbonyl (C=O) groups excluding carboxylic acids is 1. The van der Waals surface area contributed by atoms with Crippen LogP contribution in [0.2, 0.25) is 0 Å². The molecule has 44 valence electrons. The van der Waals surface area contributed by atoms with Crippen molar-refractivity contribution in [1.29, 1.82) is 0 Å². The van der Waals surface area contributed by atoms with Crippen molar-refractivity contribution in [2.45, 2.75) is 25.7 Å². The molecule has 0 aromatic carbocycles. The first-order chi connectivity index (χ1) is 3.87. The Kier molecular flexibility index (Phi) is 0.651. The molecule has 0 spiro atoms. The Labute approximate surface area is 49.1 Å². The van der Waals surface area contributed by atoms with Gasteiger partial charge >= 0.3 is 0 Å². The van der Waals surface area contributed by atoms with E-state index in [9.17, 15) is 4.79 Å². The molecule has 0 aromatic heterocycles. The van der Waals surface area contributed by atoms with Crippen LogP contribution in [0, 0.1) is 11.3 Å². The van der Waals surface area contributed by atoms with Gasteiger partial charge in [-0.15, -0.1) is 0 Å². The summed E-state index contributed by atoms with van der Waals surface area (Å²) in [6.45, 7) is 0. The summed E-state index contributed by atoms with van der Waals surface area (Å²) in [5.74, 6) is 0.806. The zero-order valence-corrected chi connectivity index (χ0v) is 4.89. The van der Waals surface area contributed by atoms with Crippen LogP contribution < -0.4 is 0 Å². The van der Waals surface area contributed by atoms with Crippen LogP contribution in [-0.4, -0.2) is 6.29 Å². The number of rotatable bonds is 1. The lowest BCUT2D eigenvalue weighted by molar-refractivity contribution is -0.112. The topological polar surface area (TPSA) is 17.1 Å². The van der Waals surface area contributed by atoms with Crippen molar-refractivity contribution in [3.63, 3.8) is 0 Å². The van der Waals surface area contributed by atoms with Gasteiger partial charge in [-0.2, -0.15) is 0 Å². The van der Waals surface area contributed by atoms with Gasteiger partial charge < -0.3 is 4.79 Å². The lowest BCUT2D eigenvalue weighted by atomic mass is 10.1. The normalized spacial score (nSPS) is 50.8. The molecule has 1 heteroatoms. The van der Waals surface area contributed by atoms with Crippen LogP contribution in [0.25, 0.3) is 0 Å². The van der Waals surface area contributed by atoms with Gasteiger partial charge in [-0.3, -0.25) is 0 Å². The van der Waals surface area contributed by atoms with Crippen LogP contribution >= 0.6 is 0 Å². The first-order valence-electron chi connectivity index (χ1n) is 3.34. The third kappa shape index (κ3) is 0.355. The first kappa shape index (κ1) is 4.54. The minimum atomic E-state index is 0.222. The van der Waals surface area contributed by atoms with Gasteiger partial charge in [0.05, 0.1) is 0 Å². The molecule has 0 amide bonds. The van der Waals surface area contributed by atoms with E-state index in [1.165, 1.54) is 32.0 Å². The molecule has 0 aromatic rings. The lowest BCUT2D eigenvalue weighted by Gasteiger charge is -1.95. The molecule has 2 rings (SSSR count). The SMILES string of the molecule is O=C[C@@]12CCC[C@@H]1C2. The maximum atomic E-state index is 10.4. The quantitative estimate of drug-likeness (QED) is 0.466. The van der Waals surface area contributed by atoms with Gasteiger partial charge in [-0.05, 0) is 25.2 Å². The van der Waals surface area contributed by atoms with Crippen LogP contribution in [0.5, 0.6) is 0 Å². The molecule has 2 atom stereocenters. The summed E-state index contributed by atoms with van der Waals surface area (Å²) in [4.78, 5) is 10.4. The minimum Gasteiger partial charge on any atom is -0.303 e. The molecule has 1 nitrogen and oxygen atoms in total. The second-order valence-electron chi connectivity index (χ2n) is 3.14. The number of hydrogen-bond donors (Lipinski definition) is 0. The van der Waals surface area contributed by atoms with E-state index in [-0.39, 0.29) is 5.41 Å². The monoisotopic (exact) mass is 110 g/mol. The molecule has 0 saturated heterocycles. The zero-order chi connectivity index (χ0) is 5.61. The van der Waals surface area contributed by atoms with Gasteiger partial charge in [0.1, 0.15) is 6.29 Å². The molecule has 0 radical (unpaired) electrons. The Balaban J connectivity index is 2.18. The number of fused-ring (bicyclic) bond motifs is 1. The Hall–Kier alpha value is -0.330. The fourth-order valence-electron chi connectivity index (χ4n) is 1.98. The molecule has 8 heavy (non-hydrogen) atoms. The van der Waals surface area contributed by atoms with E-state index in [4.69, 9.17) is 0 Å². The van der Waals surface area contributed by atoms with E-state index in [2.05, 4.69) is 0 Å². The third-order valence-electron chi connectivity index (χ3n) is 2.71. The van der Waals surface area contributed by atoms with Crippen molar-refractivity contribution in [3.8, 4) is 0 Å². The molecular formula is C7H10O. The molecule has 2 aliphatic rings. The molecule has 0 aliphatic heterocycles. The second-order valence-corrected chi connectivity index (χ2v) is 3.14. The van der Waals surface area contributed by atoms with Crippen molar-refractivity contribution < 1.29 is 4.79 Å². The van der Waals surface area contributed by atoms with Gasteiger partial charge in [-0.1, -0.05) is 6.42 Å². The highest BCUT2D eigenvalue weighted by Gasteiger charge is 2.56. The minimum absolute atomic E-state index is 0.222. The van der Waals surface area contributed by atoms with E-state index in [0.717, 1.165) is 5.92 Å². The van der Waals surface area contributed by atoms with E-state index in [1.54, 1.807) is 0 Å². The maximum Gasteiger partial charge on any atom is 0.126 e. The molecule has 0 unspecified atom stereocenters. The smallest absolute Gasteiger partial charge is 0.126 e. The summed E-state index contributed by atoms with van der Waals surface area (Å²) >= 11 is 0. The van der Waals surface area contributed by atoms with Gasteiger partial charge in [0.2, 0.25) is 0 Å². The van der Waals surface area contributed by atoms with Gasteiger partial charge in [0.25, 0.3) is 0 Å². The van der Waals surface area contributed by atoms with E-state index in [0.29, 0.717) is 0 Å². The Morgan fingerprint density at radius 1 is 1.62 bits per heavy atom. The highest BCUT2D eigenvalue weighted by atomic mass is 16.1. The first-order valence-corrected chi connectivity index (χ1v) is 3.34. The van der Waals surface area contributed by atoms with Crippen molar-refractivity contribution >= 4 is 6.29 Å². The van der Waals surface area contributed by atoms with Crippen LogP contribution in [-0.2, 0) is 4.79 Å². The second kappa shape index (κ2) is 1.15. The number of aldehydes is 1. The molecule has 2 aliphatic carbocycles. The summed E-state index contributed by atoms with van der Waals surface area (Å²) in [7, 11) is 0. The number of hydrogen-bond acceptors (Lipinski definition) is 1. The van der Waals surface area contributed by atoms with Crippen molar-refractivity contribution in [3.05, 3.63) is 0 Å². The van der Waals surface area contributed by atoms with Crippen molar-refractivity contribution in [2.75, 3.05) is 0 Å². The van der Waals surface area contributed by atoms with Crippen LogP contribution in [0.4, 0.5) is 0 Å². The van der Waals surface area contributed by atoms with Crippen molar-refractivity contribution in [2.24, 2.45) is 11.3 Å². The Bertz CT molecular complexity index is 130. The fourth-order valence-corrected chi connectivity index (χ4v) is 1.98. The number of carbonyl (C=O) groups is 1. The van der Waals surface area contributed by atoms with Gasteiger partial charge in [0.15, 0.2) is 0 Å². The summed E-state index contributed by atoms with van der Waals surface area (Å²) in [5.41, 5.74) is 0.222. The average molecular weight is 110 g/mol. The predicted molar refractivity (Wildman–Crippen MR) is 30.5 cm³/mol. The maximum absolute atomic E-state index is 10.4. The Morgan fingerprint density at radius 2 is 2.50 bits per heavy atom. The fraction of sp³-hybridized carbons (Fsp3) is 0.857. The third-order valence-corrected chi connectivity index (χ3v) is 2.71. The van der Waals surface area contributed by atoms with Crippen LogP contribution in [0.15, 0.2) is 0 Å². The van der Waals surface area contributed by atoms with Gasteiger partial charge in [0, 0.05) is 5.41 Å². The molecule has 0 bridgehead atoms. The highest BCUT2D eigenvalue weighted by molar-refractivity contribution is 5.65. The summed E-state index contributed by atoms with van der Waals surface area (Å²) in [6.07, 6.45) is 6.18. The molecular weight excluding hydrogens is 100 g/mol. The van der Waals surface area contributed by atoms with E-state index in [1.807, 2.05) is 0 Å². The lowest BCUT2D eigenvalue weighted by Crippen LogP contribution is -1.97. The zero-order valence-electron chi connectivity index (χ0n) is 4.89. The van der Waals surface area contributed by atoms with Crippen molar-refractivity contribution in [1.82, 2.24) is 0 Å². The standard InChI is InChI=1S/C7H10O/c8-5-7-3-1-2-6(7)4-7/h5-6H,1-4H2/t6-,7+/m1/s1. The average Bonchev–Trinajstić information content (AvgIpc) is 2.38. The summed E-state index contributed by atoms with van der Waals surface area (Å²) in [6, 6.07) is 0. The molecule has 2 saturated carbocycles. The van der Waals surface area contributed by atoms with Crippen LogP contribution in [0.1, 0.15) is 25.7 Å². The van der Waals surface area contributed by atoms with Crippen LogP contribution in [0.3, 0.4) is 0 Å². The van der Waals surface area contributed by atoms with E-state index < -0.39 is 0 Å². The summed E-state index contributed by atoms with van der Waals surface area (Å²) < 4.78 is 0. The highest BCUT2D eigenvalue weighted by Crippen LogP contribution is 2.61. The summed E-state index contributed by atoms with van der Waals surface area (Å²) in [5, 5.41) is 0. The molecule has 0 N–H and O–H groups in total. The molecule has 0 heterocycles. The predicted octanol–water partition coefficient (Wildman–Crippen LogP) is 1.38. The Morgan fingerprint density at radius 3 is 2.75 bits per heavy atom. The largest absolute Gasteiger partial charge is 0.303 e.